The first-order chi connectivity index (χ1) is 12.7. The molecule has 6 nitrogen and oxygen atoms in total. The molecule has 0 aliphatic heterocycles. The van der Waals surface area contributed by atoms with E-state index in [1.807, 2.05) is 12.1 Å². The third-order valence-electron chi connectivity index (χ3n) is 3.65. The van der Waals surface area contributed by atoms with E-state index in [1.165, 1.54) is 0 Å². The number of amides is 1. The second-order valence-electron chi connectivity index (χ2n) is 5.61. The lowest BCUT2D eigenvalue weighted by Crippen LogP contribution is -2.22. The first-order valence-electron chi connectivity index (χ1n) is 8.44. The molecule has 0 aliphatic rings. The number of benzene rings is 2. The Morgan fingerprint density at radius 2 is 1.77 bits per heavy atom. The molecule has 0 heterocycles. The molecular weight excluding hydrogens is 330 g/mol. The van der Waals surface area contributed by atoms with Crippen LogP contribution < -0.4 is 10.6 Å². The third-order valence-corrected chi connectivity index (χ3v) is 3.65. The van der Waals surface area contributed by atoms with Crippen LogP contribution in [0.2, 0.25) is 0 Å². The Labute approximate surface area is 152 Å². The molecule has 0 unspecified atom stereocenters. The monoisotopic (exact) mass is 351 g/mol. The number of nitriles is 1. The van der Waals surface area contributed by atoms with Crippen molar-refractivity contribution < 1.29 is 14.3 Å². The standard InChI is InChI=1S/C20H21N3O3/c1-2-3-12-22-18-11-7-5-9-16(18)20(25)26-14-19(24)23-17-10-6-4-8-15(17)13-21/h4-11,22H,2-3,12,14H2,1H3,(H,23,24). The van der Waals surface area contributed by atoms with Crippen molar-refractivity contribution in [2.24, 2.45) is 0 Å². The molecule has 0 fully saturated rings. The van der Waals surface area contributed by atoms with E-state index in [0.717, 1.165) is 19.4 Å². The molecule has 0 aliphatic carbocycles. The highest BCUT2D eigenvalue weighted by Crippen LogP contribution is 2.17. The number of ether oxygens (including phenoxy) is 1. The van der Waals surface area contributed by atoms with Gasteiger partial charge in [-0.2, -0.15) is 5.26 Å². The summed E-state index contributed by atoms with van der Waals surface area (Å²) in [6, 6.07) is 15.6. The number of carbonyl (C=O) groups excluding carboxylic acids is 2. The molecule has 0 radical (unpaired) electrons. The largest absolute Gasteiger partial charge is 0.452 e. The van der Waals surface area contributed by atoms with Gasteiger partial charge in [0.1, 0.15) is 6.07 Å². The zero-order chi connectivity index (χ0) is 18.8. The smallest absolute Gasteiger partial charge is 0.340 e. The summed E-state index contributed by atoms with van der Waals surface area (Å²) in [6.45, 7) is 2.42. The minimum absolute atomic E-state index is 0.345. The van der Waals surface area contributed by atoms with Gasteiger partial charge in [0.25, 0.3) is 5.91 Å². The van der Waals surface area contributed by atoms with E-state index in [4.69, 9.17) is 10.00 Å². The predicted octanol–water partition coefficient (Wildman–Crippen LogP) is 3.57. The molecule has 2 N–H and O–H groups in total. The van der Waals surface area contributed by atoms with Crippen LogP contribution in [0.5, 0.6) is 0 Å². The highest BCUT2D eigenvalue weighted by Gasteiger charge is 2.14. The number of anilines is 2. The highest BCUT2D eigenvalue weighted by atomic mass is 16.5. The average Bonchev–Trinajstić information content (AvgIpc) is 2.67. The van der Waals surface area contributed by atoms with Crippen molar-refractivity contribution in [1.29, 1.82) is 5.26 Å². The number of unbranched alkanes of at least 4 members (excludes halogenated alkanes) is 1. The van der Waals surface area contributed by atoms with Crippen molar-refractivity contribution in [3.05, 3.63) is 59.7 Å². The van der Waals surface area contributed by atoms with E-state index in [0.29, 0.717) is 22.5 Å². The summed E-state index contributed by atoms with van der Waals surface area (Å²) >= 11 is 0. The van der Waals surface area contributed by atoms with Crippen LogP contribution in [0.3, 0.4) is 0 Å². The van der Waals surface area contributed by atoms with Crippen LogP contribution >= 0.6 is 0 Å². The minimum Gasteiger partial charge on any atom is -0.452 e. The number of esters is 1. The molecular formula is C20H21N3O3. The summed E-state index contributed by atoms with van der Waals surface area (Å²) in [6.07, 6.45) is 2.04. The van der Waals surface area contributed by atoms with Crippen molar-refractivity contribution in [3.8, 4) is 6.07 Å². The van der Waals surface area contributed by atoms with Crippen molar-refractivity contribution in [2.45, 2.75) is 19.8 Å². The molecule has 2 aromatic carbocycles. The van der Waals surface area contributed by atoms with E-state index in [-0.39, 0.29) is 0 Å². The Kier molecular flexibility index (Phi) is 7.19. The van der Waals surface area contributed by atoms with Crippen molar-refractivity contribution in [3.63, 3.8) is 0 Å². The molecule has 0 atom stereocenters. The third kappa shape index (κ3) is 5.35. The maximum atomic E-state index is 12.3. The molecule has 134 valence electrons. The molecule has 2 aromatic rings. The molecule has 0 spiro atoms. The second kappa shape index (κ2) is 9.84. The van der Waals surface area contributed by atoms with Crippen molar-refractivity contribution in [2.75, 3.05) is 23.8 Å². The van der Waals surface area contributed by atoms with Gasteiger partial charge in [0.2, 0.25) is 0 Å². The molecule has 6 heteroatoms. The van der Waals surface area contributed by atoms with Gasteiger partial charge in [0.05, 0.1) is 16.8 Å². The summed E-state index contributed by atoms with van der Waals surface area (Å²) in [5.74, 6) is -1.08. The Morgan fingerprint density at radius 1 is 1.08 bits per heavy atom. The molecule has 0 aromatic heterocycles. The number of rotatable bonds is 8. The number of nitrogens with zero attached hydrogens (tertiary/aromatic N) is 1. The van der Waals surface area contributed by atoms with Gasteiger partial charge in [-0.25, -0.2) is 4.79 Å². The lowest BCUT2D eigenvalue weighted by atomic mass is 10.1. The highest BCUT2D eigenvalue weighted by molar-refractivity contribution is 5.98. The van der Waals surface area contributed by atoms with Crippen LogP contribution in [0.25, 0.3) is 0 Å². The van der Waals surface area contributed by atoms with Crippen LogP contribution in [0.1, 0.15) is 35.7 Å². The predicted molar refractivity (Wildman–Crippen MR) is 99.9 cm³/mol. The van der Waals surface area contributed by atoms with Crippen LogP contribution in [0.15, 0.2) is 48.5 Å². The molecule has 2 rings (SSSR count). The van der Waals surface area contributed by atoms with E-state index < -0.39 is 18.5 Å². The van der Waals surface area contributed by atoms with E-state index in [9.17, 15) is 9.59 Å². The summed E-state index contributed by atoms with van der Waals surface area (Å²) in [4.78, 5) is 24.3. The zero-order valence-corrected chi connectivity index (χ0v) is 14.6. The second-order valence-corrected chi connectivity index (χ2v) is 5.61. The van der Waals surface area contributed by atoms with Gasteiger partial charge >= 0.3 is 5.97 Å². The van der Waals surface area contributed by atoms with Gasteiger partial charge in [-0.3, -0.25) is 4.79 Å². The van der Waals surface area contributed by atoms with Gasteiger partial charge in [-0.1, -0.05) is 37.6 Å². The van der Waals surface area contributed by atoms with E-state index >= 15 is 0 Å². The molecule has 0 bridgehead atoms. The van der Waals surface area contributed by atoms with Gasteiger partial charge in [0.15, 0.2) is 6.61 Å². The fraction of sp³-hybridized carbons (Fsp3) is 0.250. The zero-order valence-electron chi connectivity index (χ0n) is 14.6. The van der Waals surface area contributed by atoms with Crippen LogP contribution in [-0.2, 0) is 9.53 Å². The fourth-order valence-corrected chi connectivity index (χ4v) is 2.30. The summed E-state index contributed by atoms with van der Waals surface area (Å²) in [5.41, 5.74) is 1.80. The Hall–Kier alpha value is -3.33. The van der Waals surface area contributed by atoms with Crippen molar-refractivity contribution >= 4 is 23.3 Å². The van der Waals surface area contributed by atoms with Crippen molar-refractivity contribution in [1.82, 2.24) is 0 Å². The first-order valence-corrected chi connectivity index (χ1v) is 8.44. The average molecular weight is 351 g/mol. The molecule has 1 amide bonds. The Balaban J connectivity index is 1.94. The fourth-order valence-electron chi connectivity index (χ4n) is 2.30. The van der Waals surface area contributed by atoms with Gasteiger partial charge < -0.3 is 15.4 Å². The quantitative estimate of drug-likeness (QED) is 0.560. The maximum Gasteiger partial charge on any atom is 0.340 e. The van der Waals surface area contributed by atoms with E-state index in [1.54, 1.807) is 42.5 Å². The number of para-hydroxylation sites is 2. The SMILES string of the molecule is CCCCNc1ccccc1C(=O)OCC(=O)Nc1ccccc1C#N. The number of nitrogens with one attached hydrogen (secondary N) is 2. The summed E-state index contributed by atoms with van der Waals surface area (Å²) in [7, 11) is 0. The van der Waals surface area contributed by atoms with Crippen LogP contribution in [-0.4, -0.2) is 25.0 Å². The normalized spacial score (nSPS) is 9.85. The topological polar surface area (TPSA) is 91.2 Å². The van der Waals surface area contributed by atoms with Crippen LogP contribution in [0, 0.1) is 11.3 Å². The van der Waals surface area contributed by atoms with Crippen LogP contribution in [0.4, 0.5) is 11.4 Å². The maximum absolute atomic E-state index is 12.3. The van der Waals surface area contributed by atoms with E-state index in [2.05, 4.69) is 17.6 Å². The molecule has 0 saturated carbocycles. The Bertz CT molecular complexity index is 812. The number of carbonyl (C=O) groups is 2. The lowest BCUT2D eigenvalue weighted by Gasteiger charge is -2.12. The first kappa shape index (κ1) is 19.0. The number of hydrogen-bond acceptors (Lipinski definition) is 5. The Morgan fingerprint density at radius 3 is 2.50 bits per heavy atom. The molecule has 0 saturated heterocycles. The van der Waals surface area contributed by atoms with Gasteiger partial charge in [-0.15, -0.1) is 0 Å². The number of hydrogen-bond donors (Lipinski definition) is 2. The summed E-state index contributed by atoms with van der Waals surface area (Å²) in [5, 5.41) is 14.8. The van der Waals surface area contributed by atoms with Gasteiger partial charge in [-0.05, 0) is 30.7 Å². The molecule has 26 heavy (non-hydrogen) atoms. The lowest BCUT2D eigenvalue weighted by molar-refractivity contribution is -0.119. The minimum atomic E-state index is -0.576. The summed E-state index contributed by atoms with van der Waals surface area (Å²) < 4.78 is 5.11. The van der Waals surface area contributed by atoms with Gasteiger partial charge in [0, 0.05) is 12.2 Å².